The lowest BCUT2D eigenvalue weighted by Crippen LogP contribution is -2.36. The maximum absolute atomic E-state index is 6.19. The van der Waals surface area contributed by atoms with Crippen LogP contribution in [-0.4, -0.2) is 12.6 Å². The summed E-state index contributed by atoms with van der Waals surface area (Å²) in [5.74, 6) is 1.65. The van der Waals surface area contributed by atoms with Gasteiger partial charge in [-0.15, -0.1) is 0 Å². The van der Waals surface area contributed by atoms with Crippen LogP contribution >= 0.6 is 15.9 Å². The van der Waals surface area contributed by atoms with Crippen molar-refractivity contribution in [3.05, 3.63) is 28.2 Å². The van der Waals surface area contributed by atoms with Crippen molar-refractivity contribution >= 4 is 15.9 Å². The van der Waals surface area contributed by atoms with Gasteiger partial charge < -0.3 is 10.1 Å². The van der Waals surface area contributed by atoms with Crippen LogP contribution in [0.1, 0.15) is 51.6 Å². The molecule has 0 amide bonds. The molecule has 3 unspecified atom stereocenters. The van der Waals surface area contributed by atoms with Gasteiger partial charge in [0.25, 0.3) is 0 Å². The van der Waals surface area contributed by atoms with Crippen molar-refractivity contribution in [3.63, 3.8) is 0 Å². The van der Waals surface area contributed by atoms with Gasteiger partial charge in [-0.05, 0) is 37.1 Å². The summed E-state index contributed by atoms with van der Waals surface area (Å²) in [5, 5.41) is 3.66. The van der Waals surface area contributed by atoms with Crippen molar-refractivity contribution < 1.29 is 4.74 Å². The Balaban J connectivity index is 2.23. The fourth-order valence-corrected chi connectivity index (χ4v) is 2.97. The molecule has 0 radical (unpaired) electrons. The van der Waals surface area contributed by atoms with Gasteiger partial charge in [-0.25, -0.2) is 0 Å². The van der Waals surface area contributed by atoms with Crippen LogP contribution < -0.4 is 10.1 Å². The van der Waals surface area contributed by atoms with Crippen LogP contribution in [0.5, 0.6) is 5.75 Å². The van der Waals surface area contributed by atoms with Crippen molar-refractivity contribution in [2.45, 2.75) is 52.2 Å². The van der Waals surface area contributed by atoms with Crippen LogP contribution in [0, 0.1) is 5.92 Å². The summed E-state index contributed by atoms with van der Waals surface area (Å²) < 4.78 is 7.31. The molecule has 0 aromatic heterocycles. The predicted octanol–water partition coefficient (Wildman–Crippen LogP) is 4.69. The summed E-state index contributed by atoms with van der Waals surface area (Å²) in [4.78, 5) is 0. The van der Waals surface area contributed by atoms with Crippen molar-refractivity contribution in [2.75, 3.05) is 6.54 Å². The van der Waals surface area contributed by atoms with E-state index in [-0.39, 0.29) is 0 Å². The summed E-state index contributed by atoms with van der Waals surface area (Å²) in [6, 6.07) is 6.76. The summed E-state index contributed by atoms with van der Waals surface area (Å²) >= 11 is 3.56. The molecule has 0 saturated heterocycles. The molecule has 19 heavy (non-hydrogen) atoms. The molecular formula is C16H24BrNO. The summed E-state index contributed by atoms with van der Waals surface area (Å²) in [5.41, 5.74) is 1.29. The summed E-state index contributed by atoms with van der Waals surface area (Å²) in [7, 11) is 0. The minimum atomic E-state index is 0.327. The second-order valence-electron chi connectivity index (χ2n) is 5.47. The zero-order valence-corrected chi connectivity index (χ0v) is 13.7. The summed E-state index contributed by atoms with van der Waals surface area (Å²) in [6.07, 6.45) is 3.72. The highest BCUT2D eigenvalue weighted by Gasteiger charge is 2.30. The fourth-order valence-electron chi connectivity index (χ4n) is 2.59. The third-order valence-electron chi connectivity index (χ3n) is 4.01. The number of hydrogen-bond acceptors (Lipinski definition) is 2. The standard InChI is InChI=1S/C16H24BrNO/c1-4-8-18-14-10-16(11(3)5-2)19-15-7-6-12(17)9-13(14)15/h6-7,9,11,14,16,18H,4-5,8,10H2,1-3H3. The highest BCUT2D eigenvalue weighted by Crippen LogP contribution is 2.38. The monoisotopic (exact) mass is 325 g/mol. The van der Waals surface area contributed by atoms with E-state index in [1.807, 2.05) is 0 Å². The Bertz CT molecular complexity index is 421. The molecule has 0 spiro atoms. The Morgan fingerprint density at radius 3 is 2.89 bits per heavy atom. The number of benzene rings is 1. The molecule has 1 aromatic rings. The Morgan fingerprint density at radius 1 is 1.42 bits per heavy atom. The van der Waals surface area contributed by atoms with Gasteiger partial charge >= 0.3 is 0 Å². The average molecular weight is 326 g/mol. The molecule has 0 saturated carbocycles. The van der Waals surface area contributed by atoms with Gasteiger partial charge in [-0.3, -0.25) is 0 Å². The van der Waals surface area contributed by atoms with E-state index >= 15 is 0 Å². The van der Waals surface area contributed by atoms with Crippen LogP contribution in [0.3, 0.4) is 0 Å². The van der Waals surface area contributed by atoms with Gasteiger partial charge in [0, 0.05) is 22.5 Å². The van der Waals surface area contributed by atoms with E-state index in [2.05, 4.69) is 60.2 Å². The molecule has 1 aliphatic rings. The van der Waals surface area contributed by atoms with Gasteiger partial charge in [0.1, 0.15) is 11.9 Å². The van der Waals surface area contributed by atoms with Crippen LogP contribution in [-0.2, 0) is 0 Å². The molecule has 0 fully saturated rings. The third-order valence-corrected chi connectivity index (χ3v) is 4.51. The first kappa shape index (κ1) is 14.9. The molecule has 1 aromatic carbocycles. The first-order valence-electron chi connectivity index (χ1n) is 7.35. The second kappa shape index (κ2) is 6.76. The van der Waals surface area contributed by atoms with Crippen LogP contribution in [0.25, 0.3) is 0 Å². The predicted molar refractivity (Wildman–Crippen MR) is 83.7 cm³/mol. The van der Waals surface area contributed by atoms with E-state index in [9.17, 15) is 0 Å². The Kier molecular flexibility index (Phi) is 5.28. The number of ether oxygens (including phenoxy) is 1. The van der Waals surface area contributed by atoms with Crippen LogP contribution in [0.4, 0.5) is 0 Å². The van der Waals surface area contributed by atoms with E-state index in [0.29, 0.717) is 18.1 Å². The first-order valence-corrected chi connectivity index (χ1v) is 8.14. The Morgan fingerprint density at radius 2 is 2.21 bits per heavy atom. The quantitative estimate of drug-likeness (QED) is 0.848. The van der Waals surface area contributed by atoms with E-state index in [0.717, 1.165) is 36.0 Å². The average Bonchev–Trinajstić information content (AvgIpc) is 2.43. The van der Waals surface area contributed by atoms with Gasteiger partial charge in [-0.1, -0.05) is 43.1 Å². The lowest BCUT2D eigenvalue weighted by molar-refractivity contribution is 0.0980. The number of nitrogens with one attached hydrogen (secondary N) is 1. The molecule has 3 atom stereocenters. The van der Waals surface area contributed by atoms with Gasteiger partial charge in [-0.2, -0.15) is 0 Å². The van der Waals surface area contributed by atoms with E-state index in [4.69, 9.17) is 4.74 Å². The van der Waals surface area contributed by atoms with Crippen molar-refractivity contribution in [3.8, 4) is 5.75 Å². The SMILES string of the molecule is CCCNC1CC(C(C)CC)Oc2ccc(Br)cc21. The number of fused-ring (bicyclic) bond motifs is 1. The zero-order chi connectivity index (χ0) is 13.8. The Labute approximate surface area is 125 Å². The molecule has 106 valence electrons. The zero-order valence-electron chi connectivity index (χ0n) is 12.1. The molecule has 1 N–H and O–H groups in total. The molecule has 3 heteroatoms. The number of halogens is 1. The first-order chi connectivity index (χ1) is 9.15. The van der Waals surface area contributed by atoms with E-state index < -0.39 is 0 Å². The van der Waals surface area contributed by atoms with E-state index in [1.54, 1.807) is 0 Å². The maximum atomic E-state index is 6.19. The highest BCUT2D eigenvalue weighted by atomic mass is 79.9. The van der Waals surface area contributed by atoms with Crippen molar-refractivity contribution in [1.29, 1.82) is 0 Å². The molecule has 0 aliphatic carbocycles. The van der Waals surface area contributed by atoms with Crippen molar-refractivity contribution in [1.82, 2.24) is 5.32 Å². The maximum Gasteiger partial charge on any atom is 0.124 e. The number of hydrogen-bond donors (Lipinski definition) is 1. The highest BCUT2D eigenvalue weighted by molar-refractivity contribution is 9.10. The topological polar surface area (TPSA) is 21.3 Å². The molecule has 1 aliphatic heterocycles. The van der Waals surface area contributed by atoms with Gasteiger partial charge in [0.15, 0.2) is 0 Å². The second-order valence-corrected chi connectivity index (χ2v) is 6.38. The van der Waals surface area contributed by atoms with E-state index in [1.165, 1.54) is 5.56 Å². The lowest BCUT2D eigenvalue weighted by atomic mass is 9.89. The molecular weight excluding hydrogens is 302 g/mol. The number of rotatable bonds is 5. The van der Waals surface area contributed by atoms with Gasteiger partial charge in [0.05, 0.1) is 0 Å². The smallest absolute Gasteiger partial charge is 0.124 e. The van der Waals surface area contributed by atoms with Crippen LogP contribution in [0.15, 0.2) is 22.7 Å². The summed E-state index contributed by atoms with van der Waals surface area (Å²) in [6.45, 7) is 7.79. The third kappa shape index (κ3) is 3.51. The minimum Gasteiger partial charge on any atom is -0.490 e. The largest absolute Gasteiger partial charge is 0.490 e. The lowest BCUT2D eigenvalue weighted by Gasteiger charge is -2.35. The fraction of sp³-hybridized carbons (Fsp3) is 0.625. The van der Waals surface area contributed by atoms with Crippen LogP contribution in [0.2, 0.25) is 0 Å². The Hall–Kier alpha value is -0.540. The van der Waals surface area contributed by atoms with Gasteiger partial charge in [0.2, 0.25) is 0 Å². The van der Waals surface area contributed by atoms with Crippen molar-refractivity contribution in [2.24, 2.45) is 5.92 Å². The molecule has 2 rings (SSSR count). The molecule has 2 nitrogen and oxygen atoms in total. The normalized spacial score (nSPS) is 23.6. The molecule has 0 bridgehead atoms. The molecule has 1 heterocycles. The minimum absolute atomic E-state index is 0.327.